The number of hydrogen-bond acceptors (Lipinski definition) is 4. The van der Waals surface area contributed by atoms with E-state index in [1.54, 1.807) is 6.20 Å². The second-order valence-corrected chi connectivity index (χ2v) is 7.47. The molecule has 1 heterocycles. The molecule has 6 nitrogen and oxygen atoms in total. The molecule has 25 heavy (non-hydrogen) atoms. The minimum absolute atomic E-state index is 0.0833. The number of sulfonamides is 1. The van der Waals surface area contributed by atoms with Crippen LogP contribution in [0.4, 0.5) is 0 Å². The van der Waals surface area contributed by atoms with Crippen molar-refractivity contribution in [2.75, 3.05) is 0 Å². The molecule has 2 N–H and O–H groups in total. The fourth-order valence-electron chi connectivity index (χ4n) is 2.18. The number of hydrogen-bond donors (Lipinski definition) is 2. The van der Waals surface area contributed by atoms with Crippen LogP contribution in [-0.4, -0.2) is 24.8 Å². The molecule has 3 aromatic rings. The van der Waals surface area contributed by atoms with Crippen LogP contribution in [0.2, 0.25) is 5.02 Å². The van der Waals surface area contributed by atoms with Crippen LogP contribution in [0, 0.1) is 6.92 Å². The first-order chi connectivity index (χ1) is 12.0. The quantitative estimate of drug-likeness (QED) is 0.530. The summed E-state index contributed by atoms with van der Waals surface area (Å²) in [6, 6.07) is 13.7. The van der Waals surface area contributed by atoms with Crippen LogP contribution >= 0.6 is 11.6 Å². The van der Waals surface area contributed by atoms with E-state index in [2.05, 4.69) is 20.1 Å². The average molecular weight is 375 g/mol. The van der Waals surface area contributed by atoms with E-state index in [4.69, 9.17) is 11.6 Å². The van der Waals surface area contributed by atoms with E-state index in [9.17, 15) is 8.42 Å². The van der Waals surface area contributed by atoms with Crippen molar-refractivity contribution in [1.82, 2.24) is 15.0 Å². The first kappa shape index (κ1) is 17.2. The lowest BCUT2D eigenvalue weighted by Crippen LogP contribution is -2.18. The number of H-pyrrole nitrogens is 1. The van der Waals surface area contributed by atoms with E-state index >= 15 is 0 Å². The second kappa shape index (κ2) is 7.08. The van der Waals surface area contributed by atoms with Crippen LogP contribution in [0.5, 0.6) is 0 Å². The fraction of sp³-hybridized carbons (Fsp3) is 0.0588. The van der Waals surface area contributed by atoms with Crippen LogP contribution in [-0.2, 0) is 10.0 Å². The van der Waals surface area contributed by atoms with Crippen LogP contribution in [0.15, 0.2) is 64.7 Å². The highest BCUT2D eigenvalue weighted by Gasteiger charge is 2.12. The monoisotopic (exact) mass is 374 g/mol. The maximum Gasteiger partial charge on any atom is 0.276 e. The number of nitrogens with one attached hydrogen (secondary N) is 2. The first-order valence-electron chi connectivity index (χ1n) is 7.36. The van der Waals surface area contributed by atoms with Gasteiger partial charge in [0.1, 0.15) is 0 Å². The van der Waals surface area contributed by atoms with E-state index in [0.717, 1.165) is 16.8 Å². The predicted molar refractivity (Wildman–Crippen MR) is 98.1 cm³/mol. The number of aromatic amines is 1. The number of aryl methyl sites for hydroxylation is 1. The highest BCUT2D eigenvalue weighted by Crippen LogP contribution is 2.20. The van der Waals surface area contributed by atoms with E-state index < -0.39 is 10.0 Å². The van der Waals surface area contributed by atoms with Gasteiger partial charge in [0.05, 0.1) is 23.0 Å². The molecular formula is C17H15ClN4O2S. The molecule has 0 radical (unpaired) electrons. The Bertz CT molecular complexity index is 994. The zero-order valence-electron chi connectivity index (χ0n) is 13.3. The van der Waals surface area contributed by atoms with E-state index in [1.807, 2.05) is 31.2 Å². The molecule has 0 atom stereocenters. The first-order valence-corrected chi connectivity index (χ1v) is 9.23. The van der Waals surface area contributed by atoms with Crippen molar-refractivity contribution < 1.29 is 8.42 Å². The van der Waals surface area contributed by atoms with Crippen LogP contribution in [0.1, 0.15) is 11.1 Å². The summed E-state index contributed by atoms with van der Waals surface area (Å²) < 4.78 is 24.3. The van der Waals surface area contributed by atoms with Crippen LogP contribution < -0.4 is 4.83 Å². The van der Waals surface area contributed by atoms with Crippen molar-refractivity contribution in [3.63, 3.8) is 0 Å². The van der Waals surface area contributed by atoms with E-state index in [0.29, 0.717) is 10.6 Å². The largest absolute Gasteiger partial charge is 0.277 e. The second-order valence-electron chi connectivity index (χ2n) is 5.37. The highest BCUT2D eigenvalue weighted by atomic mass is 35.5. The van der Waals surface area contributed by atoms with Crippen molar-refractivity contribution in [1.29, 1.82) is 0 Å². The number of nitrogens with zero attached hydrogens (tertiary/aromatic N) is 2. The van der Waals surface area contributed by atoms with E-state index in [1.165, 1.54) is 30.5 Å². The van der Waals surface area contributed by atoms with Gasteiger partial charge >= 0.3 is 0 Å². The normalized spacial score (nSPS) is 11.8. The zero-order chi connectivity index (χ0) is 17.9. The molecule has 0 amide bonds. The number of aromatic nitrogens is 2. The number of benzene rings is 2. The molecule has 0 saturated carbocycles. The lowest BCUT2D eigenvalue weighted by molar-refractivity contribution is 0.584. The zero-order valence-corrected chi connectivity index (χ0v) is 14.8. The average Bonchev–Trinajstić information content (AvgIpc) is 3.04. The predicted octanol–water partition coefficient (Wildman–Crippen LogP) is 3.35. The topological polar surface area (TPSA) is 87.2 Å². The van der Waals surface area contributed by atoms with Gasteiger partial charge in [-0.2, -0.15) is 18.6 Å². The molecule has 0 aliphatic heterocycles. The molecule has 0 saturated heterocycles. The van der Waals surface area contributed by atoms with Crippen molar-refractivity contribution in [2.24, 2.45) is 5.10 Å². The molecule has 0 bridgehead atoms. The van der Waals surface area contributed by atoms with Gasteiger partial charge in [0.25, 0.3) is 10.0 Å². The Morgan fingerprint density at radius 3 is 2.48 bits per heavy atom. The lowest BCUT2D eigenvalue weighted by atomic mass is 10.1. The number of halogens is 1. The van der Waals surface area contributed by atoms with Gasteiger partial charge in [-0.1, -0.05) is 41.4 Å². The molecule has 128 valence electrons. The third kappa shape index (κ3) is 4.07. The smallest absolute Gasteiger partial charge is 0.276 e. The Hall–Kier alpha value is -2.64. The minimum Gasteiger partial charge on any atom is -0.277 e. The maximum absolute atomic E-state index is 12.2. The molecule has 0 fully saturated rings. The van der Waals surface area contributed by atoms with Crippen molar-refractivity contribution in [3.8, 4) is 11.3 Å². The summed E-state index contributed by atoms with van der Waals surface area (Å²) in [6.45, 7) is 2.00. The van der Waals surface area contributed by atoms with Gasteiger partial charge in [-0.05, 0) is 31.2 Å². The Kier molecular flexibility index (Phi) is 4.87. The summed E-state index contributed by atoms with van der Waals surface area (Å²) in [6.07, 6.45) is 2.99. The molecule has 0 unspecified atom stereocenters. The minimum atomic E-state index is -3.75. The summed E-state index contributed by atoms with van der Waals surface area (Å²) in [7, 11) is -3.75. The molecule has 1 aromatic heterocycles. The Balaban J connectivity index is 1.78. The van der Waals surface area contributed by atoms with Gasteiger partial charge in [-0.3, -0.25) is 5.10 Å². The van der Waals surface area contributed by atoms with Gasteiger partial charge in [-0.25, -0.2) is 4.83 Å². The van der Waals surface area contributed by atoms with Crippen molar-refractivity contribution >= 4 is 27.8 Å². The summed E-state index contributed by atoms with van der Waals surface area (Å²) in [4.78, 5) is 2.26. The summed E-state index contributed by atoms with van der Waals surface area (Å²) >= 11 is 5.76. The molecule has 0 spiro atoms. The standard InChI is InChI=1S/C17H15ClN4O2S/c1-12-2-4-13(5-3-12)17-14(10-19-21-17)11-20-22-25(23,24)16-8-6-15(18)7-9-16/h2-11,22H,1H3,(H,19,21)/b20-11-. The Labute approximate surface area is 150 Å². The lowest BCUT2D eigenvalue weighted by Gasteiger charge is -2.03. The molecule has 0 aliphatic rings. The SMILES string of the molecule is Cc1ccc(-c2[nH]ncc2/C=N\NS(=O)(=O)c2ccc(Cl)cc2)cc1. The molecule has 2 aromatic carbocycles. The van der Waals surface area contributed by atoms with E-state index in [-0.39, 0.29) is 4.90 Å². The maximum atomic E-state index is 12.2. The molecule has 0 aliphatic carbocycles. The Morgan fingerprint density at radius 2 is 1.80 bits per heavy atom. The van der Waals surface area contributed by atoms with Gasteiger partial charge < -0.3 is 0 Å². The van der Waals surface area contributed by atoms with Crippen LogP contribution in [0.25, 0.3) is 11.3 Å². The number of rotatable bonds is 5. The fourth-order valence-corrected chi connectivity index (χ4v) is 3.09. The Morgan fingerprint density at radius 1 is 1.12 bits per heavy atom. The molecule has 3 rings (SSSR count). The van der Waals surface area contributed by atoms with Gasteiger partial charge in [-0.15, -0.1) is 0 Å². The van der Waals surface area contributed by atoms with Gasteiger partial charge in [0.2, 0.25) is 0 Å². The van der Waals surface area contributed by atoms with Crippen molar-refractivity contribution in [3.05, 3.63) is 70.9 Å². The third-order valence-corrected chi connectivity index (χ3v) is 5.00. The van der Waals surface area contributed by atoms with Crippen LogP contribution in [0.3, 0.4) is 0 Å². The summed E-state index contributed by atoms with van der Waals surface area (Å²) in [5.41, 5.74) is 3.51. The summed E-state index contributed by atoms with van der Waals surface area (Å²) in [5.74, 6) is 0. The van der Waals surface area contributed by atoms with Gasteiger partial charge in [0.15, 0.2) is 0 Å². The number of hydrazone groups is 1. The molecular weight excluding hydrogens is 360 g/mol. The third-order valence-electron chi connectivity index (χ3n) is 3.51. The van der Waals surface area contributed by atoms with Crippen molar-refractivity contribution in [2.45, 2.75) is 11.8 Å². The van der Waals surface area contributed by atoms with Gasteiger partial charge in [0, 0.05) is 16.1 Å². The highest BCUT2D eigenvalue weighted by molar-refractivity contribution is 7.89. The molecule has 8 heteroatoms. The summed E-state index contributed by atoms with van der Waals surface area (Å²) in [5, 5.41) is 11.2.